The van der Waals surface area contributed by atoms with Gasteiger partial charge in [-0.3, -0.25) is 14.5 Å². The second kappa shape index (κ2) is 9.14. The zero-order chi connectivity index (χ0) is 19.1. The van der Waals surface area contributed by atoms with Gasteiger partial charge in [-0.1, -0.05) is 42.5 Å². The first-order chi connectivity index (χ1) is 13.2. The minimum Gasteiger partial charge on any atom is -0.325 e. The number of nitrogens with zero attached hydrogens (tertiary/aromatic N) is 2. The number of hydrogen-bond donors (Lipinski definition) is 1. The Morgan fingerprint density at radius 3 is 2.70 bits per heavy atom. The molecule has 0 aromatic heterocycles. The highest BCUT2D eigenvalue weighted by Crippen LogP contribution is 2.24. The molecular weight excluding hydrogens is 338 g/mol. The molecule has 3 rings (SSSR count). The number of nitrogens with one attached hydrogen (secondary N) is 1. The van der Waals surface area contributed by atoms with Gasteiger partial charge in [-0.25, -0.2) is 0 Å². The molecule has 5 heteroatoms. The summed E-state index contributed by atoms with van der Waals surface area (Å²) in [4.78, 5) is 28.2. The fourth-order valence-corrected chi connectivity index (χ4v) is 3.29. The van der Waals surface area contributed by atoms with Crippen molar-refractivity contribution in [3.05, 3.63) is 72.8 Å². The van der Waals surface area contributed by atoms with Crippen molar-refractivity contribution in [2.75, 3.05) is 29.9 Å². The maximum Gasteiger partial charge on any atom is 0.238 e. The molecule has 1 aliphatic rings. The molecule has 1 N–H and O–H groups in total. The van der Waals surface area contributed by atoms with Crippen molar-refractivity contribution < 1.29 is 9.59 Å². The Hall–Kier alpha value is -2.92. The van der Waals surface area contributed by atoms with Crippen LogP contribution in [0.25, 0.3) is 0 Å². The van der Waals surface area contributed by atoms with Crippen LogP contribution in [0.5, 0.6) is 0 Å². The summed E-state index contributed by atoms with van der Waals surface area (Å²) in [5.74, 6) is 0.0520. The molecule has 27 heavy (non-hydrogen) atoms. The lowest BCUT2D eigenvalue weighted by molar-refractivity contribution is -0.118. The molecule has 1 aliphatic heterocycles. The molecule has 1 saturated heterocycles. The number of carbonyl (C=O) groups is 2. The van der Waals surface area contributed by atoms with Gasteiger partial charge in [0.25, 0.3) is 0 Å². The first-order valence-corrected chi connectivity index (χ1v) is 9.23. The Morgan fingerprint density at radius 1 is 1.19 bits per heavy atom. The van der Waals surface area contributed by atoms with Gasteiger partial charge in [0.1, 0.15) is 0 Å². The van der Waals surface area contributed by atoms with Crippen LogP contribution in [0.15, 0.2) is 67.3 Å². The number of benzene rings is 2. The quantitative estimate of drug-likeness (QED) is 0.731. The predicted molar refractivity (Wildman–Crippen MR) is 109 cm³/mol. The molecule has 0 unspecified atom stereocenters. The standard InChI is InChI=1S/C22H25N3O2/c1-2-13-24(16-18-8-4-3-5-9-18)17-21(26)23-19-10-6-11-20(15-19)25-14-7-12-22(25)27/h2-6,8-11,15H,1,7,12-14,16-17H2,(H,23,26). The second-order valence-electron chi connectivity index (χ2n) is 6.69. The van der Waals surface area contributed by atoms with Gasteiger partial charge in [0.15, 0.2) is 0 Å². The summed E-state index contributed by atoms with van der Waals surface area (Å²) in [5.41, 5.74) is 2.69. The predicted octanol–water partition coefficient (Wildman–Crippen LogP) is 3.44. The minimum atomic E-state index is -0.0855. The van der Waals surface area contributed by atoms with Gasteiger partial charge in [-0.15, -0.1) is 6.58 Å². The molecule has 2 aromatic carbocycles. The van der Waals surface area contributed by atoms with Crippen molar-refractivity contribution in [3.63, 3.8) is 0 Å². The monoisotopic (exact) mass is 363 g/mol. The Morgan fingerprint density at radius 2 is 2.00 bits per heavy atom. The SMILES string of the molecule is C=CCN(CC(=O)Nc1cccc(N2CCCC2=O)c1)Cc1ccccc1. The topological polar surface area (TPSA) is 52.7 Å². The summed E-state index contributed by atoms with van der Waals surface area (Å²) in [6.45, 7) is 6.11. The number of anilines is 2. The summed E-state index contributed by atoms with van der Waals surface area (Å²) >= 11 is 0. The van der Waals surface area contributed by atoms with E-state index in [9.17, 15) is 9.59 Å². The highest BCUT2D eigenvalue weighted by molar-refractivity contribution is 5.97. The van der Waals surface area contributed by atoms with E-state index in [2.05, 4.69) is 11.9 Å². The van der Waals surface area contributed by atoms with Crippen LogP contribution in [0.2, 0.25) is 0 Å². The molecule has 140 valence electrons. The minimum absolute atomic E-state index is 0.0855. The number of amides is 2. The largest absolute Gasteiger partial charge is 0.325 e. The van der Waals surface area contributed by atoms with E-state index in [1.165, 1.54) is 0 Å². The van der Waals surface area contributed by atoms with Gasteiger partial charge >= 0.3 is 0 Å². The molecule has 0 saturated carbocycles. The van der Waals surface area contributed by atoms with E-state index < -0.39 is 0 Å². The summed E-state index contributed by atoms with van der Waals surface area (Å²) in [6, 6.07) is 17.5. The van der Waals surface area contributed by atoms with Crippen molar-refractivity contribution >= 4 is 23.2 Å². The third-order valence-electron chi connectivity index (χ3n) is 4.52. The summed E-state index contributed by atoms with van der Waals surface area (Å²) in [5, 5.41) is 2.94. The molecule has 2 aromatic rings. The van der Waals surface area contributed by atoms with E-state index in [0.29, 0.717) is 25.2 Å². The van der Waals surface area contributed by atoms with E-state index in [0.717, 1.165) is 24.2 Å². The van der Waals surface area contributed by atoms with Gasteiger partial charge in [0.2, 0.25) is 11.8 Å². The first-order valence-electron chi connectivity index (χ1n) is 9.23. The zero-order valence-electron chi connectivity index (χ0n) is 15.4. The maximum absolute atomic E-state index is 12.5. The van der Waals surface area contributed by atoms with Crippen molar-refractivity contribution in [1.82, 2.24) is 4.90 Å². The molecule has 0 bridgehead atoms. The van der Waals surface area contributed by atoms with E-state index >= 15 is 0 Å². The van der Waals surface area contributed by atoms with Crippen LogP contribution in [0.1, 0.15) is 18.4 Å². The maximum atomic E-state index is 12.5. The van der Waals surface area contributed by atoms with Crippen LogP contribution >= 0.6 is 0 Å². The normalized spacial score (nSPS) is 13.8. The van der Waals surface area contributed by atoms with Crippen LogP contribution in [-0.2, 0) is 16.1 Å². The summed E-state index contributed by atoms with van der Waals surface area (Å²) < 4.78 is 0. The van der Waals surface area contributed by atoms with E-state index in [4.69, 9.17) is 0 Å². The van der Waals surface area contributed by atoms with Crippen LogP contribution in [-0.4, -0.2) is 36.3 Å². The number of carbonyl (C=O) groups excluding carboxylic acids is 2. The summed E-state index contributed by atoms with van der Waals surface area (Å²) in [6.07, 6.45) is 3.27. The average molecular weight is 363 g/mol. The molecule has 0 atom stereocenters. The van der Waals surface area contributed by atoms with Crippen molar-refractivity contribution in [1.29, 1.82) is 0 Å². The van der Waals surface area contributed by atoms with Crippen LogP contribution in [0, 0.1) is 0 Å². The van der Waals surface area contributed by atoms with E-state index in [-0.39, 0.29) is 18.4 Å². The van der Waals surface area contributed by atoms with Gasteiger partial charge < -0.3 is 10.2 Å². The van der Waals surface area contributed by atoms with E-state index in [1.807, 2.05) is 59.5 Å². The van der Waals surface area contributed by atoms with Gasteiger partial charge in [0.05, 0.1) is 6.54 Å². The first kappa shape index (κ1) is 18.9. The van der Waals surface area contributed by atoms with Gasteiger partial charge in [-0.2, -0.15) is 0 Å². The van der Waals surface area contributed by atoms with Crippen LogP contribution < -0.4 is 10.2 Å². The average Bonchev–Trinajstić information content (AvgIpc) is 3.09. The molecule has 5 nitrogen and oxygen atoms in total. The number of rotatable bonds is 8. The van der Waals surface area contributed by atoms with Crippen molar-refractivity contribution in [2.45, 2.75) is 19.4 Å². The Balaban J connectivity index is 1.62. The highest BCUT2D eigenvalue weighted by atomic mass is 16.2. The second-order valence-corrected chi connectivity index (χ2v) is 6.69. The highest BCUT2D eigenvalue weighted by Gasteiger charge is 2.21. The third kappa shape index (κ3) is 5.28. The molecule has 0 spiro atoms. The van der Waals surface area contributed by atoms with Crippen molar-refractivity contribution in [2.24, 2.45) is 0 Å². The van der Waals surface area contributed by atoms with E-state index in [1.54, 1.807) is 11.0 Å². The molecule has 1 fully saturated rings. The lowest BCUT2D eigenvalue weighted by Gasteiger charge is -2.21. The Bertz CT molecular complexity index is 804. The summed E-state index contributed by atoms with van der Waals surface area (Å²) in [7, 11) is 0. The zero-order valence-corrected chi connectivity index (χ0v) is 15.4. The third-order valence-corrected chi connectivity index (χ3v) is 4.52. The lowest BCUT2D eigenvalue weighted by Crippen LogP contribution is -2.33. The molecule has 1 heterocycles. The van der Waals surface area contributed by atoms with Gasteiger partial charge in [-0.05, 0) is 30.2 Å². The molecular formula is C22H25N3O2. The van der Waals surface area contributed by atoms with Crippen molar-refractivity contribution in [3.8, 4) is 0 Å². The molecule has 2 amide bonds. The fourth-order valence-electron chi connectivity index (χ4n) is 3.29. The number of hydrogen-bond acceptors (Lipinski definition) is 3. The lowest BCUT2D eigenvalue weighted by atomic mass is 10.2. The fraction of sp³-hybridized carbons (Fsp3) is 0.273. The Labute approximate surface area is 160 Å². The molecule has 0 radical (unpaired) electrons. The van der Waals surface area contributed by atoms with Crippen LogP contribution in [0.3, 0.4) is 0 Å². The molecule has 0 aliphatic carbocycles. The smallest absolute Gasteiger partial charge is 0.238 e. The van der Waals surface area contributed by atoms with Gasteiger partial charge in [0, 0.05) is 37.4 Å². The Kier molecular flexibility index (Phi) is 6.39. The van der Waals surface area contributed by atoms with Crippen LogP contribution in [0.4, 0.5) is 11.4 Å².